The molecule has 0 unspecified atom stereocenters. The Balaban J connectivity index is 4.11. The SMILES string of the molecule is C\C=C(N)/C(N)=C\C=C/CC. The smallest absolute Gasteiger partial charge is 0.0544 e. The van der Waals surface area contributed by atoms with E-state index in [-0.39, 0.29) is 0 Å². The zero-order valence-electron chi connectivity index (χ0n) is 7.17. The van der Waals surface area contributed by atoms with Crippen LogP contribution in [-0.2, 0) is 0 Å². The van der Waals surface area contributed by atoms with Gasteiger partial charge in [-0.2, -0.15) is 0 Å². The van der Waals surface area contributed by atoms with E-state index >= 15 is 0 Å². The molecule has 0 bridgehead atoms. The summed E-state index contributed by atoms with van der Waals surface area (Å²) in [4.78, 5) is 0. The maximum absolute atomic E-state index is 5.59. The Morgan fingerprint density at radius 2 is 1.91 bits per heavy atom. The van der Waals surface area contributed by atoms with E-state index in [2.05, 4.69) is 6.92 Å². The van der Waals surface area contributed by atoms with Gasteiger partial charge >= 0.3 is 0 Å². The third-order valence-corrected chi connectivity index (χ3v) is 1.29. The Labute approximate surface area is 68.3 Å². The van der Waals surface area contributed by atoms with Crippen molar-refractivity contribution in [2.45, 2.75) is 20.3 Å². The second-order valence-electron chi connectivity index (χ2n) is 2.20. The molecule has 0 aromatic heterocycles. The summed E-state index contributed by atoms with van der Waals surface area (Å²) in [5.41, 5.74) is 12.4. The number of hydrogen-bond donors (Lipinski definition) is 2. The van der Waals surface area contributed by atoms with Crippen LogP contribution in [0.1, 0.15) is 20.3 Å². The lowest BCUT2D eigenvalue weighted by Gasteiger charge is -1.96. The van der Waals surface area contributed by atoms with Gasteiger partial charge in [0.15, 0.2) is 0 Å². The Morgan fingerprint density at radius 3 is 2.36 bits per heavy atom. The molecular formula is C9H16N2. The van der Waals surface area contributed by atoms with Gasteiger partial charge < -0.3 is 11.5 Å². The van der Waals surface area contributed by atoms with Crippen LogP contribution in [-0.4, -0.2) is 0 Å². The normalized spacial score (nSPS) is 14.4. The molecule has 2 heteroatoms. The number of hydrogen-bond acceptors (Lipinski definition) is 2. The predicted molar refractivity (Wildman–Crippen MR) is 49.6 cm³/mol. The van der Waals surface area contributed by atoms with Crippen molar-refractivity contribution in [1.82, 2.24) is 0 Å². The highest BCUT2D eigenvalue weighted by atomic mass is 14.7. The molecule has 11 heavy (non-hydrogen) atoms. The fourth-order valence-electron chi connectivity index (χ4n) is 0.571. The van der Waals surface area contributed by atoms with Crippen LogP contribution in [0, 0.1) is 0 Å². The summed E-state index contributed by atoms with van der Waals surface area (Å²) in [6.07, 6.45) is 8.53. The van der Waals surface area contributed by atoms with Crippen molar-refractivity contribution in [1.29, 1.82) is 0 Å². The summed E-state index contributed by atoms with van der Waals surface area (Å²) in [7, 11) is 0. The minimum atomic E-state index is 0.622. The first-order valence-corrected chi connectivity index (χ1v) is 3.76. The molecular weight excluding hydrogens is 136 g/mol. The third-order valence-electron chi connectivity index (χ3n) is 1.29. The molecule has 4 N–H and O–H groups in total. The summed E-state index contributed by atoms with van der Waals surface area (Å²) in [5, 5.41) is 0. The van der Waals surface area contributed by atoms with Crippen molar-refractivity contribution in [2.24, 2.45) is 11.5 Å². The largest absolute Gasteiger partial charge is 0.397 e. The van der Waals surface area contributed by atoms with Crippen molar-refractivity contribution in [3.05, 3.63) is 35.7 Å². The lowest BCUT2D eigenvalue weighted by Crippen LogP contribution is -2.08. The Kier molecular flexibility index (Phi) is 4.99. The van der Waals surface area contributed by atoms with Gasteiger partial charge in [0.05, 0.1) is 11.4 Å². The van der Waals surface area contributed by atoms with Crippen molar-refractivity contribution < 1.29 is 0 Å². The van der Waals surface area contributed by atoms with Crippen LogP contribution in [0.25, 0.3) is 0 Å². The van der Waals surface area contributed by atoms with Crippen LogP contribution < -0.4 is 11.5 Å². The van der Waals surface area contributed by atoms with Gasteiger partial charge in [-0.25, -0.2) is 0 Å². The van der Waals surface area contributed by atoms with E-state index in [1.54, 1.807) is 12.2 Å². The first-order valence-electron chi connectivity index (χ1n) is 3.76. The van der Waals surface area contributed by atoms with Crippen LogP contribution in [0.15, 0.2) is 35.7 Å². The average Bonchev–Trinajstić information content (AvgIpc) is 2.03. The fraction of sp³-hybridized carbons (Fsp3) is 0.333. The highest BCUT2D eigenvalue weighted by Gasteiger charge is 1.88. The van der Waals surface area contributed by atoms with Crippen LogP contribution in [0.3, 0.4) is 0 Å². The molecule has 0 aromatic carbocycles. The molecule has 0 aromatic rings. The Bertz CT molecular complexity index is 188. The van der Waals surface area contributed by atoms with Gasteiger partial charge in [-0.1, -0.05) is 25.2 Å². The first-order chi connectivity index (χ1) is 5.22. The summed E-state index contributed by atoms with van der Waals surface area (Å²) in [5.74, 6) is 0. The van der Waals surface area contributed by atoms with Crippen molar-refractivity contribution >= 4 is 0 Å². The topological polar surface area (TPSA) is 52.0 Å². The molecule has 0 fully saturated rings. The van der Waals surface area contributed by atoms with E-state index in [9.17, 15) is 0 Å². The molecule has 2 nitrogen and oxygen atoms in total. The maximum Gasteiger partial charge on any atom is 0.0544 e. The molecule has 0 amide bonds. The van der Waals surface area contributed by atoms with Crippen molar-refractivity contribution in [3.63, 3.8) is 0 Å². The van der Waals surface area contributed by atoms with Gasteiger partial charge in [0.1, 0.15) is 0 Å². The highest BCUT2D eigenvalue weighted by Crippen LogP contribution is 1.95. The van der Waals surface area contributed by atoms with E-state index in [1.165, 1.54) is 0 Å². The van der Waals surface area contributed by atoms with Crippen LogP contribution in [0.2, 0.25) is 0 Å². The summed E-state index contributed by atoms with van der Waals surface area (Å²) >= 11 is 0. The van der Waals surface area contributed by atoms with Crippen LogP contribution in [0.5, 0.6) is 0 Å². The van der Waals surface area contributed by atoms with Gasteiger partial charge in [-0.05, 0) is 19.4 Å². The van der Waals surface area contributed by atoms with Gasteiger partial charge in [0, 0.05) is 0 Å². The number of allylic oxidation sites excluding steroid dienone is 4. The predicted octanol–water partition coefficient (Wildman–Crippen LogP) is 1.66. The van der Waals surface area contributed by atoms with Crippen LogP contribution >= 0.6 is 0 Å². The lowest BCUT2D eigenvalue weighted by atomic mass is 10.3. The Morgan fingerprint density at radius 1 is 1.27 bits per heavy atom. The van der Waals surface area contributed by atoms with E-state index in [0.717, 1.165) is 6.42 Å². The van der Waals surface area contributed by atoms with E-state index in [1.807, 2.05) is 19.1 Å². The second kappa shape index (κ2) is 5.59. The quantitative estimate of drug-likeness (QED) is 0.604. The van der Waals surface area contributed by atoms with Gasteiger partial charge in [0.25, 0.3) is 0 Å². The average molecular weight is 152 g/mol. The third kappa shape index (κ3) is 4.25. The minimum absolute atomic E-state index is 0.622. The lowest BCUT2D eigenvalue weighted by molar-refractivity contribution is 1.21. The first kappa shape index (κ1) is 9.82. The monoisotopic (exact) mass is 152 g/mol. The zero-order valence-corrected chi connectivity index (χ0v) is 7.17. The number of nitrogens with two attached hydrogens (primary N) is 2. The minimum Gasteiger partial charge on any atom is -0.397 e. The molecule has 0 aliphatic rings. The summed E-state index contributed by atoms with van der Waals surface area (Å²) in [6, 6.07) is 0. The van der Waals surface area contributed by atoms with Crippen LogP contribution in [0.4, 0.5) is 0 Å². The molecule has 0 aliphatic heterocycles. The van der Waals surface area contributed by atoms with E-state index in [4.69, 9.17) is 11.5 Å². The Hall–Kier alpha value is -1.18. The zero-order chi connectivity index (χ0) is 8.69. The highest BCUT2D eigenvalue weighted by molar-refractivity contribution is 5.27. The molecule has 0 rings (SSSR count). The van der Waals surface area contributed by atoms with E-state index in [0.29, 0.717) is 11.4 Å². The van der Waals surface area contributed by atoms with E-state index < -0.39 is 0 Å². The standard InChI is InChI=1S/C9H16N2/c1-3-5-6-7-9(11)8(10)4-2/h4-7H,3,10-11H2,1-2H3/b6-5-,8-4+,9-7+. The van der Waals surface area contributed by atoms with Crippen molar-refractivity contribution in [3.8, 4) is 0 Å². The molecule has 0 heterocycles. The van der Waals surface area contributed by atoms with Gasteiger partial charge in [0.2, 0.25) is 0 Å². The van der Waals surface area contributed by atoms with Gasteiger partial charge in [-0.3, -0.25) is 0 Å². The molecule has 0 atom stereocenters. The second-order valence-corrected chi connectivity index (χ2v) is 2.20. The molecule has 0 radical (unpaired) electrons. The van der Waals surface area contributed by atoms with Crippen molar-refractivity contribution in [2.75, 3.05) is 0 Å². The number of rotatable bonds is 3. The molecule has 0 saturated carbocycles. The summed E-state index contributed by atoms with van der Waals surface area (Å²) in [6.45, 7) is 3.93. The molecule has 0 aliphatic carbocycles. The molecule has 0 spiro atoms. The summed E-state index contributed by atoms with van der Waals surface area (Å²) < 4.78 is 0. The molecule has 0 saturated heterocycles. The molecule has 62 valence electrons. The fourth-order valence-corrected chi connectivity index (χ4v) is 0.571. The maximum atomic E-state index is 5.59. The van der Waals surface area contributed by atoms with Gasteiger partial charge in [-0.15, -0.1) is 0 Å².